The molecule has 0 heterocycles. The maximum absolute atomic E-state index is 11.5. The first kappa shape index (κ1) is 9.45. The maximum Gasteiger partial charge on any atom is 0.395 e. The van der Waals surface area contributed by atoms with Gasteiger partial charge in [-0.05, 0) is 0 Å². The van der Waals surface area contributed by atoms with Gasteiger partial charge in [0, 0.05) is 0 Å². The molecule has 0 amide bonds. The molecule has 50 valence electrons. The molecular weight excluding hydrogens is 337 g/mol. The molecule has 0 atom stereocenters. The zero-order valence-electron chi connectivity index (χ0n) is 3.27. The highest BCUT2D eigenvalue weighted by molar-refractivity contribution is 9.72. The first-order chi connectivity index (χ1) is 3.25. The Bertz CT molecular complexity index is 69.5. The van der Waals surface area contributed by atoms with Crippen molar-refractivity contribution >= 4 is 49.8 Å². The summed E-state index contributed by atoms with van der Waals surface area (Å²) in [6.45, 7) is 0. The molecule has 0 aliphatic heterocycles. The van der Waals surface area contributed by atoms with Crippen LogP contribution in [0.15, 0.2) is 0 Å². The molecule has 7 heteroatoms. The van der Waals surface area contributed by atoms with Crippen LogP contribution >= 0.6 is 45.9 Å². The number of hydrogen-bond donors (Lipinski definition) is 0. The molecule has 0 unspecified atom stereocenters. The molecule has 0 rings (SSSR count). The first-order valence-corrected chi connectivity index (χ1v) is 10.2. The minimum atomic E-state index is -4.17. The molecule has 0 aromatic carbocycles. The summed E-state index contributed by atoms with van der Waals surface area (Å²) in [5.41, 5.74) is 0. The number of halogens is 6. The summed E-state index contributed by atoms with van der Waals surface area (Å²) >= 11 is 7.34. The van der Waals surface area contributed by atoms with Crippen LogP contribution in [0, 0.1) is 0 Å². The Labute approximate surface area is 68.6 Å². The normalized spacial score (nSPS) is 14.2. The Hall–Kier alpha value is 1.45. The molecule has 8 heavy (non-hydrogen) atoms. The maximum atomic E-state index is 11.5. The van der Waals surface area contributed by atoms with Crippen LogP contribution in [0.5, 0.6) is 0 Å². The van der Waals surface area contributed by atoms with Crippen LogP contribution in [0.1, 0.15) is 0 Å². The van der Waals surface area contributed by atoms with Crippen molar-refractivity contribution in [3.05, 3.63) is 0 Å². The van der Waals surface area contributed by atoms with Gasteiger partial charge in [-0.1, -0.05) is 45.9 Å². The van der Waals surface area contributed by atoms with Gasteiger partial charge in [0.15, 0.2) is 0 Å². The fourth-order valence-electron chi connectivity index (χ4n) is 0. The van der Waals surface area contributed by atoms with Gasteiger partial charge in [0.1, 0.15) is 0 Å². The van der Waals surface area contributed by atoms with Crippen LogP contribution < -0.4 is 0 Å². The molecule has 0 N–H and O–H groups in total. The topological polar surface area (TPSA) is 0 Å². The zero-order chi connectivity index (χ0) is 7.00. The van der Waals surface area contributed by atoms with Gasteiger partial charge >= 0.3 is 9.73 Å². The molecule has 0 radical (unpaired) electrons. The van der Waals surface area contributed by atoms with Gasteiger partial charge in [0.2, 0.25) is 0 Å². The highest BCUT2D eigenvalue weighted by atomic mass is 80.0. The van der Waals surface area contributed by atoms with E-state index in [9.17, 15) is 13.2 Å². The molecule has 0 saturated carbocycles. The van der Waals surface area contributed by atoms with E-state index in [1.54, 1.807) is 0 Å². The molecule has 0 aliphatic carbocycles. The Kier molecular flexibility index (Phi) is 3.06. The fourth-order valence-corrected chi connectivity index (χ4v) is 0. The van der Waals surface area contributed by atoms with Crippen LogP contribution in [-0.4, -0.2) is 9.73 Å². The van der Waals surface area contributed by atoms with Gasteiger partial charge in [-0.25, -0.2) is 0 Å². The monoisotopic (exact) mass is 334 g/mol. The van der Waals surface area contributed by atoms with Crippen LogP contribution in [0.4, 0.5) is 13.2 Å². The summed E-state index contributed by atoms with van der Waals surface area (Å²) in [5, 5.41) is 0. The fraction of sp³-hybridized carbons (Fsp3) is 1.00. The van der Waals surface area contributed by atoms with Gasteiger partial charge in [-0.2, -0.15) is 13.2 Å². The van der Waals surface area contributed by atoms with E-state index in [1.807, 2.05) is 0 Å². The average Bonchev–Trinajstić information content (AvgIpc) is 1.25. The van der Waals surface area contributed by atoms with Crippen LogP contribution in [0.2, 0.25) is 0 Å². The standard InChI is InChI=1S/CBr3F3Si/c2-8(3,4)1(5,6)7. The summed E-state index contributed by atoms with van der Waals surface area (Å²) in [4.78, 5) is 0. The molecule has 0 fully saturated rings. The average molecular weight is 337 g/mol. The van der Waals surface area contributed by atoms with E-state index in [1.165, 1.54) is 0 Å². The Morgan fingerprint density at radius 3 is 1.12 bits per heavy atom. The molecule has 0 aliphatic rings. The molecule has 0 spiro atoms. The minimum Gasteiger partial charge on any atom is -0.173 e. The summed E-state index contributed by atoms with van der Waals surface area (Å²) in [5.74, 6) is -4.17. The Morgan fingerprint density at radius 1 is 1.00 bits per heavy atom. The van der Waals surface area contributed by atoms with Crippen molar-refractivity contribution in [1.82, 2.24) is 0 Å². The molecule has 0 aromatic heterocycles. The van der Waals surface area contributed by atoms with Crippen LogP contribution in [-0.2, 0) is 0 Å². The van der Waals surface area contributed by atoms with Gasteiger partial charge < -0.3 is 0 Å². The third-order valence-electron chi connectivity index (χ3n) is 0.321. The number of rotatable bonds is 0. The molecule has 0 aromatic rings. The third-order valence-corrected chi connectivity index (χ3v) is 5.01. The zero-order valence-corrected chi connectivity index (χ0v) is 9.03. The van der Waals surface area contributed by atoms with Crippen molar-refractivity contribution in [2.24, 2.45) is 0 Å². The predicted molar refractivity (Wildman–Crippen MR) is 38.6 cm³/mol. The van der Waals surface area contributed by atoms with Crippen molar-refractivity contribution < 1.29 is 13.2 Å². The Morgan fingerprint density at radius 2 is 1.12 bits per heavy atom. The number of alkyl halides is 3. The largest absolute Gasteiger partial charge is 0.395 e. The van der Waals surface area contributed by atoms with E-state index in [0.29, 0.717) is 0 Å². The minimum absolute atomic E-state index is 2.45. The SMILES string of the molecule is FC(F)(F)[Si](Br)(Br)Br. The third kappa shape index (κ3) is 2.84. The van der Waals surface area contributed by atoms with Crippen molar-refractivity contribution in [1.29, 1.82) is 0 Å². The molecule has 0 saturated heterocycles. The predicted octanol–water partition coefficient (Wildman–Crippen LogP) is 3.21. The smallest absolute Gasteiger partial charge is 0.173 e. The lowest BCUT2D eigenvalue weighted by Gasteiger charge is -2.12. The Balaban J connectivity index is 4.02. The van der Waals surface area contributed by atoms with Crippen molar-refractivity contribution in [3.8, 4) is 0 Å². The lowest BCUT2D eigenvalue weighted by Crippen LogP contribution is -2.31. The van der Waals surface area contributed by atoms with E-state index in [-0.39, 0.29) is 0 Å². The summed E-state index contributed by atoms with van der Waals surface area (Å²) in [7, 11) is 0. The first-order valence-electron chi connectivity index (χ1n) is 1.38. The molecule has 0 bridgehead atoms. The van der Waals surface area contributed by atoms with E-state index >= 15 is 0 Å². The molecular formula is CBr3F3Si. The van der Waals surface area contributed by atoms with E-state index in [2.05, 4.69) is 45.9 Å². The second kappa shape index (κ2) is 2.59. The van der Waals surface area contributed by atoms with Gasteiger partial charge in [0.05, 0.1) is 0 Å². The summed E-state index contributed by atoms with van der Waals surface area (Å²) in [6, 6.07) is 0. The van der Waals surface area contributed by atoms with Crippen molar-refractivity contribution in [2.45, 2.75) is 5.80 Å². The second-order valence-electron chi connectivity index (χ2n) is 0.996. The highest BCUT2D eigenvalue weighted by Crippen LogP contribution is 2.42. The summed E-state index contributed by atoms with van der Waals surface area (Å²) in [6.07, 6.45) is 0. The lowest BCUT2D eigenvalue weighted by molar-refractivity contribution is -0.0461. The van der Waals surface area contributed by atoms with E-state index in [4.69, 9.17) is 0 Å². The number of hydrogen-bond acceptors (Lipinski definition) is 0. The quantitative estimate of drug-likeness (QED) is 0.471. The van der Waals surface area contributed by atoms with Gasteiger partial charge in [-0.15, -0.1) is 0 Å². The van der Waals surface area contributed by atoms with E-state index < -0.39 is 9.73 Å². The summed E-state index contributed by atoms with van der Waals surface area (Å²) < 4.78 is 31.0. The van der Waals surface area contributed by atoms with Crippen molar-refractivity contribution in [2.75, 3.05) is 0 Å². The van der Waals surface area contributed by atoms with Crippen LogP contribution in [0.3, 0.4) is 0 Å². The van der Waals surface area contributed by atoms with Gasteiger partial charge in [0.25, 0.3) is 0 Å². The van der Waals surface area contributed by atoms with Gasteiger partial charge in [-0.3, -0.25) is 0 Å². The highest BCUT2D eigenvalue weighted by Gasteiger charge is 2.53. The van der Waals surface area contributed by atoms with E-state index in [0.717, 1.165) is 0 Å². The molecule has 0 nitrogen and oxygen atoms in total. The van der Waals surface area contributed by atoms with Crippen LogP contribution in [0.25, 0.3) is 0 Å². The second-order valence-corrected chi connectivity index (χ2v) is 22.8. The lowest BCUT2D eigenvalue weighted by atomic mass is 11.5. The van der Waals surface area contributed by atoms with Crippen molar-refractivity contribution in [3.63, 3.8) is 0 Å².